The molecule has 0 spiro atoms. The van der Waals surface area contributed by atoms with E-state index in [1.807, 2.05) is 7.05 Å². The Hall–Kier alpha value is -1.81. The Morgan fingerprint density at radius 1 is 0.933 bits per heavy atom. The van der Waals surface area contributed by atoms with Crippen molar-refractivity contribution < 1.29 is 0 Å². The summed E-state index contributed by atoms with van der Waals surface area (Å²) in [7, 11) is 1.99. The lowest BCUT2D eigenvalue weighted by Gasteiger charge is -2.22. The van der Waals surface area contributed by atoms with Gasteiger partial charge in [-0.05, 0) is 94.9 Å². The molecule has 0 aliphatic heterocycles. The summed E-state index contributed by atoms with van der Waals surface area (Å²) in [6.07, 6.45) is 25.3. The van der Waals surface area contributed by atoms with E-state index in [1.165, 1.54) is 26.0 Å². The number of benzene rings is 1. The summed E-state index contributed by atoms with van der Waals surface area (Å²) in [5.41, 5.74) is 5.20. The maximum Gasteiger partial charge on any atom is 0.0297 e. The molecule has 0 amide bonds. The predicted octanol–water partition coefficient (Wildman–Crippen LogP) is 7.62. The zero-order valence-corrected chi connectivity index (χ0v) is 20.8. The third-order valence-electron chi connectivity index (χ3n) is 6.24. The maximum atomic E-state index is 3.26. The third kappa shape index (κ3) is 6.34. The average Bonchev–Trinajstić information content (AvgIpc) is 2.74. The molecule has 0 saturated carbocycles. The molecule has 1 aromatic carbocycles. The Morgan fingerprint density at radius 2 is 1.60 bits per heavy atom. The normalized spacial score (nSPS) is 26.3. The highest BCUT2D eigenvalue weighted by Crippen LogP contribution is 2.28. The largest absolute Gasteiger partial charge is 0.388 e. The van der Waals surface area contributed by atoms with Crippen molar-refractivity contribution in [2.24, 2.45) is 23.7 Å². The molecule has 30 heavy (non-hydrogen) atoms. The van der Waals surface area contributed by atoms with E-state index in [4.69, 9.17) is 0 Å². The maximum absolute atomic E-state index is 3.26. The summed E-state index contributed by atoms with van der Waals surface area (Å²) in [5.74, 6) is 2.29. The molecule has 0 aromatic heterocycles. The topological polar surface area (TPSA) is 12.0 Å². The van der Waals surface area contributed by atoms with Crippen molar-refractivity contribution in [3.8, 4) is 0 Å². The van der Waals surface area contributed by atoms with Gasteiger partial charge in [-0.2, -0.15) is 0 Å². The summed E-state index contributed by atoms with van der Waals surface area (Å²) in [5, 5.41) is 3.26. The minimum Gasteiger partial charge on any atom is -0.388 e. The first kappa shape index (κ1) is 22.9. The van der Waals surface area contributed by atoms with E-state index in [1.54, 1.807) is 0 Å². The lowest BCUT2D eigenvalue weighted by Crippen LogP contribution is -2.15. The van der Waals surface area contributed by atoms with Crippen molar-refractivity contribution >= 4 is 28.7 Å². The van der Waals surface area contributed by atoms with Crippen LogP contribution in [0.1, 0.15) is 37.8 Å². The van der Waals surface area contributed by atoms with Crippen molar-refractivity contribution in [2.45, 2.75) is 33.6 Å². The minimum absolute atomic E-state index is 0.558. The summed E-state index contributed by atoms with van der Waals surface area (Å²) in [6.45, 7) is 6.78. The van der Waals surface area contributed by atoms with Crippen LogP contribution in [0.25, 0.3) is 6.08 Å². The molecule has 0 bridgehead atoms. The van der Waals surface area contributed by atoms with E-state index in [0.29, 0.717) is 23.7 Å². The molecule has 0 radical (unpaired) electrons. The Morgan fingerprint density at radius 3 is 2.30 bits per heavy atom. The number of rotatable bonds is 7. The van der Waals surface area contributed by atoms with Crippen LogP contribution in [-0.2, 0) is 0 Å². The van der Waals surface area contributed by atoms with Gasteiger partial charge in [-0.1, -0.05) is 80.7 Å². The van der Waals surface area contributed by atoms with Crippen molar-refractivity contribution in [3.05, 3.63) is 98.9 Å². The van der Waals surface area contributed by atoms with Crippen LogP contribution in [0.15, 0.2) is 84.2 Å². The summed E-state index contributed by atoms with van der Waals surface area (Å²) < 4.78 is 1.33. The summed E-state index contributed by atoms with van der Waals surface area (Å²) in [6, 6.07) is 6.67. The third-order valence-corrected chi connectivity index (χ3v) is 7.41. The zero-order valence-electron chi connectivity index (χ0n) is 18.6. The van der Waals surface area contributed by atoms with Crippen molar-refractivity contribution in [1.29, 1.82) is 0 Å². The van der Waals surface area contributed by atoms with Crippen LogP contribution >= 0.6 is 22.6 Å². The van der Waals surface area contributed by atoms with Gasteiger partial charge in [0.2, 0.25) is 0 Å². The molecule has 4 atom stereocenters. The van der Waals surface area contributed by atoms with Crippen LogP contribution in [-0.4, -0.2) is 7.05 Å². The summed E-state index contributed by atoms with van der Waals surface area (Å²) >= 11 is 2.41. The van der Waals surface area contributed by atoms with Gasteiger partial charge in [0.05, 0.1) is 0 Å². The molecule has 4 unspecified atom stereocenters. The summed E-state index contributed by atoms with van der Waals surface area (Å²) in [4.78, 5) is 0. The van der Waals surface area contributed by atoms with E-state index >= 15 is 0 Å². The number of likely N-dealkylation sites (N-methyl/N-ethyl adjacent to an activating group) is 1. The van der Waals surface area contributed by atoms with Gasteiger partial charge in [-0.15, -0.1) is 0 Å². The van der Waals surface area contributed by atoms with Gasteiger partial charge in [0.25, 0.3) is 0 Å². The second-order valence-corrected chi connectivity index (χ2v) is 9.75. The first-order chi connectivity index (χ1) is 14.5. The quantitative estimate of drug-likeness (QED) is 0.372. The number of allylic oxidation sites excluding steroid dienone is 10. The SMILES string of the molecule is CNC1=CC(C/C=C/C2=CC(C/C=C/c3ccc(C)c(I)c3)C(C)C=C2)C(C)C=C1. The van der Waals surface area contributed by atoms with E-state index in [2.05, 4.69) is 128 Å². The first-order valence-electron chi connectivity index (χ1n) is 11.0. The molecular weight excluding hydrogens is 477 g/mol. The Bertz CT molecular complexity index is 913. The van der Waals surface area contributed by atoms with Crippen molar-refractivity contribution in [2.75, 3.05) is 7.05 Å². The lowest BCUT2D eigenvalue weighted by atomic mass is 9.83. The molecule has 1 aromatic rings. The fraction of sp³-hybridized carbons (Fsp3) is 0.357. The van der Waals surface area contributed by atoms with Gasteiger partial charge in [0.1, 0.15) is 0 Å². The average molecular weight is 511 g/mol. The molecular formula is C28H34IN. The second-order valence-electron chi connectivity index (χ2n) is 8.59. The Labute approximate surface area is 196 Å². The fourth-order valence-electron chi connectivity index (χ4n) is 3.97. The van der Waals surface area contributed by atoms with Gasteiger partial charge < -0.3 is 5.32 Å². The van der Waals surface area contributed by atoms with Crippen molar-refractivity contribution in [3.63, 3.8) is 0 Å². The van der Waals surface area contributed by atoms with Crippen LogP contribution < -0.4 is 5.32 Å². The van der Waals surface area contributed by atoms with E-state index < -0.39 is 0 Å². The molecule has 0 fully saturated rings. The van der Waals surface area contributed by atoms with Crippen LogP contribution in [0, 0.1) is 34.2 Å². The van der Waals surface area contributed by atoms with Crippen LogP contribution in [0.4, 0.5) is 0 Å². The van der Waals surface area contributed by atoms with Crippen molar-refractivity contribution in [1.82, 2.24) is 5.32 Å². The van der Waals surface area contributed by atoms with Gasteiger partial charge in [0.15, 0.2) is 0 Å². The standard InChI is InChI=1S/C28H34IN/c1-20-11-14-23(7-5-10-26-19-27(30-4)16-13-21(26)2)17-25(20)9-6-8-24-15-12-22(3)28(29)18-24/h5-8,11-21,25-26,30H,9-10H2,1-4H3/b7-5+,8-6+. The zero-order chi connectivity index (χ0) is 21.5. The minimum atomic E-state index is 0.558. The highest BCUT2D eigenvalue weighted by molar-refractivity contribution is 14.1. The van der Waals surface area contributed by atoms with Crippen LogP contribution in [0.3, 0.4) is 0 Å². The van der Waals surface area contributed by atoms with Gasteiger partial charge in [-0.3, -0.25) is 0 Å². The van der Waals surface area contributed by atoms with Gasteiger partial charge >= 0.3 is 0 Å². The van der Waals surface area contributed by atoms with E-state index in [-0.39, 0.29) is 0 Å². The highest BCUT2D eigenvalue weighted by Gasteiger charge is 2.16. The Kier molecular flexibility index (Phi) is 8.38. The fourth-order valence-corrected chi connectivity index (χ4v) is 4.51. The molecule has 1 N–H and O–H groups in total. The molecule has 0 heterocycles. The monoisotopic (exact) mass is 511 g/mol. The Balaban J connectivity index is 1.58. The number of hydrogen-bond donors (Lipinski definition) is 1. The molecule has 2 heteroatoms. The second kappa shape index (κ2) is 11.0. The van der Waals surface area contributed by atoms with Gasteiger partial charge in [0, 0.05) is 16.3 Å². The molecule has 1 nitrogen and oxygen atoms in total. The van der Waals surface area contributed by atoms with E-state index in [0.717, 1.165) is 12.8 Å². The van der Waals surface area contributed by atoms with Crippen LogP contribution in [0.5, 0.6) is 0 Å². The molecule has 2 aliphatic rings. The number of nitrogens with one attached hydrogen (secondary N) is 1. The highest BCUT2D eigenvalue weighted by atomic mass is 127. The van der Waals surface area contributed by atoms with Gasteiger partial charge in [-0.25, -0.2) is 0 Å². The molecule has 158 valence electrons. The molecule has 2 aliphatic carbocycles. The molecule has 0 saturated heterocycles. The van der Waals surface area contributed by atoms with Crippen LogP contribution in [0.2, 0.25) is 0 Å². The number of halogens is 1. The molecule has 3 rings (SSSR count). The number of aryl methyl sites for hydroxylation is 1. The van der Waals surface area contributed by atoms with E-state index in [9.17, 15) is 0 Å². The number of hydrogen-bond acceptors (Lipinski definition) is 1. The first-order valence-corrected chi connectivity index (χ1v) is 12.1. The smallest absolute Gasteiger partial charge is 0.0297 e. The lowest BCUT2D eigenvalue weighted by molar-refractivity contribution is 0.505. The predicted molar refractivity (Wildman–Crippen MR) is 140 cm³/mol.